The zero-order chi connectivity index (χ0) is 17.5. The van der Waals surface area contributed by atoms with E-state index in [2.05, 4.69) is 13.8 Å². The molecule has 2 aromatic carbocycles. The standard InChI is InChI=1S/C19H21NO4/c1-19(2)11-20(10-16(19)24-3)17(21)14-6-4-13-9-15(18(22)23)7-5-12(13)8-14/h4-9,16H,10-11H2,1-3H3,(H,22,23). The molecule has 0 spiro atoms. The van der Waals surface area contributed by atoms with Crippen LogP contribution in [0.5, 0.6) is 0 Å². The van der Waals surface area contributed by atoms with Crippen LogP contribution in [0.2, 0.25) is 0 Å². The number of likely N-dealkylation sites (tertiary alicyclic amines) is 1. The maximum absolute atomic E-state index is 12.8. The van der Waals surface area contributed by atoms with E-state index in [0.717, 1.165) is 10.8 Å². The van der Waals surface area contributed by atoms with Crippen LogP contribution in [-0.2, 0) is 4.74 Å². The average molecular weight is 327 g/mol. The van der Waals surface area contributed by atoms with Crippen LogP contribution >= 0.6 is 0 Å². The molecule has 1 amide bonds. The molecular weight excluding hydrogens is 306 g/mol. The summed E-state index contributed by atoms with van der Waals surface area (Å²) in [4.78, 5) is 25.7. The smallest absolute Gasteiger partial charge is 0.335 e. The summed E-state index contributed by atoms with van der Waals surface area (Å²) in [6.07, 6.45) is 0.0278. The highest BCUT2D eigenvalue weighted by Gasteiger charge is 2.41. The Labute approximate surface area is 140 Å². The summed E-state index contributed by atoms with van der Waals surface area (Å²) in [5, 5.41) is 10.7. The molecule has 3 rings (SSSR count). The maximum Gasteiger partial charge on any atom is 0.335 e. The van der Waals surface area contributed by atoms with Gasteiger partial charge in [0.1, 0.15) is 0 Å². The minimum atomic E-state index is -0.957. The number of carbonyl (C=O) groups excluding carboxylic acids is 1. The van der Waals surface area contributed by atoms with Crippen LogP contribution in [-0.4, -0.2) is 48.2 Å². The van der Waals surface area contributed by atoms with Crippen LogP contribution in [0.4, 0.5) is 0 Å². The molecule has 0 aromatic heterocycles. The van der Waals surface area contributed by atoms with Crippen molar-refractivity contribution < 1.29 is 19.4 Å². The summed E-state index contributed by atoms with van der Waals surface area (Å²) in [6.45, 7) is 5.43. The molecule has 0 bridgehead atoms. The van der Waals surface area contributed by atoms with E-state index in [-0.39, 0.29) is 23.0 Å². The second kappa shape index (κ2) is 5.91. The van der Waals surface area contributed by atoms with Gasteiger partial charge in [-0.15, -0.1) is 0 Å². The number of hydrogen-bond acceptors (Lipinski definition) is 3. The van der Waals surface area contributed by atoms with E-state index in [9.17, 15) is 9.59 Å². The Morgan fingerprint density at radius 2 is 1.71 bits per heavy atom. The number of carboxylic acid groups (broad SMARTS) is 1. The summed E-state index contributed by atoms with van der Waals surface area (Å²) in [5.74, 6) is -0.978. The van der Waals surface area contributed by atoms with E-state index in [1.54, 1.807) is 37.4 Å². The lowest BCUT2D eigenvalue weighted by molar-refractivity contribution is 0.0428. The van der Waals surface area contributed by atoms with Gasteiger partial charge in [-0.3, -0.25) is 4.79 Å². The highest BCUT2D eigenvalue weighted by atomic mass is 16.5. The van der Waals surface area contributed by atoms with Gasteiger partial charge in [0.15, 0.2) is 0 Å². The topological polar surface area (TPSA) is 66.8 Å². The van der Waals surface area contributed by atoms with Crippen molar-refractivity contribution >= 4 is 22.6 Å². The summed E-state index contributed by atoms with van der Waals surface area (Å²) in [7, 11) is 1.68. The molecule has 1 fully saturated rings. The van der Waals surface area contributed by atoms with Gasteiger partial charge in [-0.1, -0.05) is 26.0 Å². The van der Waals surface area contributed by atoms with E-state index in [1.165, 1.54) is 0 Å². The van der Waals surface area contributed by atoms with Gasteiger partial charge in [0.2, 0.25) is 0 Å². The average Bonchev–Trinajstić information content (AvgIpc) is 2.87. The van der Waals surface area contributed by atoms with Crippen molar-refractivity contribution in [2.45, 2.75) is 20.0 Å². The molecule has 0 aliphatic carbocycles. The second-order valence-corrected chi connectivity index (χ2v) is 6.98. The molecule has 24 heavy (non-hydrogen) atoms. The number of methoxy groups -OCH3 is 1. The van der Waals surface area contributed by atoms with Crippen molar-refractivity contribution in [3.8, 4) is 0 Å². The van der Waals surface area contributed by atoms with E-state index < -0.39 is 5.97 Å². The Bertz CT molecular complexity index is 812. The first kappa shape index (κ1) is 16.5. The molecule has 1 N–H and O–H groups in total. The molecule has 1 aliphatic rings. The lowest BCUT2D eigenvalue weighted by Crippen LogP contribution is -2.30. The van der Waals surface area contributed by atoms with E-state index in [1.807, 2.05) is 11.0 Å². The normalized spacial score (nSPS) is 19.6. The van der Waals surface area contributed by atoms with Crippen molar-refractivity contribution in [1.29, 1.82) is 0 Å². The quantitative estimate of drug-likeness (QED) is 0.941. The summed E-state index contributed by atoms with van der Waals surface area (Å²) in [5.41, 5.74) is 0.779. The largest absolute Gasteiger partial charge is 0.478 e. The molecule has 1 atom stereocenters. The van der Waals surface area contributed by atoms with Gasteiger partial charge in [-0.25, -0.2) is 4.79 Å². The number of carbonyl (C=O) groups is 2. The molecule has 5 heteroatoms. The summed E-state index contributed by atoms with van der Waals surface area (Å²) in [6, 6.07) is 10.3. The van der Waals surface area contributed by atoms with Crippen LogP contribution in [0.3, 0.4) is 0 Å². The minimum absolute atomic E-state index is 0.0214. The van der Waals surface area contributed by atoms with Crippen LogP contribution in [0.25, 0.3) is 10.8 Å². The highest BCUT2D eigenvalue weighted by molar-refractivity contribution is 6.00. The first-order chi connectivity index (χ1) is 11.3. The molecule has 1 heterocycles. The minimum Gasteiger partial charge on any atom is -0.478 e. The number of amides is 1. The number of ether oxygens (including phenoxy) is 1. The third kappa shape index (κ3) is 2.87. The number of benzene rings is 2. The highest BCUT2D eigenvalue weighted by Crippen LogP contribution is 2.32. The van der Waals surface area contributed by atoms with Crippen molar-refractivity contribution in [1.82, 2.24) is 4.90 Å². The van der Waals surface area contributed by atoms with Crippen LogP contribution in [0, 0.1) is 5.41 Å². The predicted octanol–water partition coefficient (Wildman–Crippen LogP) is 3.04. The van der Waals surface area contributed by atoms with Crippen LogP contribution < -0.4 is 0 Å². The predicted molar refractivity (Wildman–Crippen MR) is 91.4 cm³/mol. The second-order valence-electron chi connectivity index (χ2n) is 6.98. The Kier molecular flexibility index (Phi) is 4.05. The molecule has 0 radical (unpaired) electrons. The van der Waals surface area contributed by atoms with Gasteiger partial charge < -0.3 is 14.7 Å². The number of carboxylic acids is 1. The Balaban J connectivity index is 1.88. The molecule has 0 saturated carbocycles. The van der Waals surface area contributed by atoms with Crippen LogP contribution in [0.15, 0.2) is 36.4 Å². The van der Waals surface area contributed by atoms with E-state index >= 15 is 0 Å². The Morgan fingerprint density at radius 3 is 2.25 bits per heavy atom. The molecule has 5 nitrogen and oxygen atoms in total. The van der Waals surface area contributed by atoms with Gasteiger partial charge in [0, 0.05) is 31.2 Å². The lowest BCUT2D eigenvalue weighted by Gasteiger charge is -2.23. The number of rotatable bonds is 3. The molecule has 126 valence electrons. The van der Waals surface area contributed by atoms with Crippen molar-refractivity contribution in [2.24, 2.45) is 5.41 Å². The van der Waals surface area contributed by atoms with Crippen molar-refractivity contribution in [3.05, 3.63) is 47.5 Å². The van der Waals surface area contributed by atoms with E-state index in [4.69, 9.17) is 9.84 Å². The fraction of sp³-hybridized carbons (Fsp3) is 0.368. The summed E-state index contributed by atoms with van der Waals surface area (Å²) < 4.78 is 5.50. The number of hydrogen-bond donors (Lipinski definition) is 1. The van der Waals surface area contributed by atoms with Gasteiger partial charge >= 0.3 is 5.97 Å². The lowest BCUT2D eigenvalue weighted by atomic mass is 9.90. The molecule has 1 unspecified atom stereocenters. The first-order valence-corrected chi connectivity index (χ1v) is 7.91. The fourth-order valence-corrected chi connectivity index (χ4v) is 3.35. The SMILES string of the molecule is COC1CN(C(=O)c2ccc3cc(C(=O)O)ccc3c2)CC1(C)C. The fourth-order valence-electron chi connectivity index (χ4n) is 3.35. The molecular formula is C19H21NO4. The van der Waals surface area contributed by atoms with Crippen LogP contribution in [0.1, 0.15) is 34.6 Å². The zero-order valence-electron chi connectivity index (χ0n) is 14.1. The summed E-state index contributed by atoms with van der Waals surface area (Å²) >= 11 is 0. The maximum atomic E-state index is 12.8. The Morgan fingerprint density at radius 1 is 1.12 bits per heavy atom. The number of aromatic carboxylic acids is 1. The van der Waals surface area contributed by atoms with E-state index in [0.29, 0.717) is 18.7 Å². The first-order valence-electron chi connectivity index (χ1n) is 7.91. The molecule has 1 saturated heterocycles. The van der Waals surface area contributed by atoms with Gasteiger partial charge in [0.05, 0.1) is 11.7 Å². The van der Waals surface area contributed by atoms with Crippen molar-refractivity contribution in [3.63, 3.8) is 0 Å². The third-order valence-electron chi connectivity index (χ3n) is 4.76. The third-order valence-corrected chi connectivity index (χ3v) is 4.76. The zero-order valence-corrected chi connectivity index (χ0v) is 14.1. The monoisotopic (exact) mass is 327 g/mol. The van der Waals surface area contributed by atoms with Crippen molar-refractivity contribution in [2.75, 3.05) is 20.2 Å². The number of fused-ring (bicyclic) bond motifs is 1. The molecule has 1 aliphatic heterocycles. The molecule has 2 aromatic rings. The van der Waals surface area contributed by atoms with Gasteiger partial charge in [0.25, 0.3) is 5.91 Å². The number of nitrogens with zero attached hydrogens (tertiary/aromatic N) is 1. The van der Waals surface area contributed by atoms with Gasteiger partial charge in [-0.05, 0) is 35.0 Å². The van der Waals surface area contributed by atoms with Gasteiger partial charge in [-0.2, -0.15) is 0 Å². The Hall–Kier alpha value is -2.40.